The van der Waals surface area contributed by atoms with Gasteiger partial charge in [0.2, 0.25) is 12.3 Å². The Bertz CT molecular complexity index is 662. The van der Waals surface area contributed by atoms with Crippen LogP contribution in [0.3, 0.4) is 0 Å². The Balaban J connectivity index is 0.00000242. The van der Waals surface area contributed by atoms with Crippen LogP contribution in [0, 0.1) is 10.1 Å². The lowest BCUT2D eigenvalue weighted by Crippen LogP contribution is -3.00. The summed E-state index contributed by atoms with van der Waals surface area (Å²) in [5.41, 5.74) is 0.0993. The van der Waals surface area contributed by atoms with Gasteiger partial charge in [0.1, 0.15) is 0 Å². The standard InChI is InChI=1S/C15H15N2O4.BrH/c1-2-21-15-7-6-12(10-13(15)17(19)20)14(18)11-16-8-4-3-5-9-16;/h3-10H,2,11H2,1H3;1H/q+1;/p-1. The van der Waals surface area contributed by atoms with E-state index in [1.807, 2.05) is 18.2 Å². The number of nitro benzene ring substituents is 1. The summed E-state index contributed by atoms with van der Waals surface area (Å²) >= 11 is 0. The number of ketones is 1. The first-order valence-corrected chi connectivity index (χ1v) is 6.50. The van der Waals surface area contributed by atoms with Gasteiger partial charge in [-0.2, -0.15) is 4.57 Å². The fourth-order valence-corrected chi connectivity index (χ4v) is 1.91. The van der Waals surface area contributed by atoms with Crippen LogP contribution in [-0.2, 0) is 6.54 Å². The summed E-state index contributed by atoms with van der Waals surface area (Å²) in [5.74, 6) is -0.0243. The second-order valence-corrected chi connectivity index (χ2v) is 4.34. The Morgan fingerprint density at radius 1 is 1.27 bits per heavy atom. The molecule has 1 aromatic heterocycles. The summed E-state index contributed by atoms with van der Waals surface area (Å²) in [6.45, 7) is 2.20. The van der Waals surface area contributed by atoms with Crippen LogP contribution in [0.15, 0.2) is 48.8 Å². The summed E-state index contributed by atoms with van der Waals surface area (Å²) in [6, 6.07) is 9.75. The summed E-state index contributed by atoms with van der Waals surface area (Å²) in [5, 5.41) is 11.0. The van der Waals surface area contributed by atoms with E-state index in [1.54, 1.807) is 30.0 Å². The van der Waals surface area contributed by atoms with Crippen molar-refractivity contribution < 1.29 is 36.0 Å². The van der Waals surface area contributed by atoms with Crippen molar-refractivity contribution in [1.29, 1.82) is 0 Å². The zero-order valence-corrected chi connectivity index (χ0v) is 13.5. The molecule has 0 fully saturated rings. The maximum absolute atomic E-state index is 12.2. The molecule has 116 valence electrons. The molecule has 0 unspecified atom stereocenters. The molecule has 22 heavy (non-hydrogen) atoms. The Labute approximate surface area is 138 Å². The molecule has 6 nitrogen and oxygen atoms in total. The number of nitrogens with zero attached hydrogens (tertiary/aromatic N) is 2. The van der Waals surface area contributed by atoms with Crippen molar-refractivity contribution in [3.63, 3.8) is 0 Å². The maximum atomic E-state index is 12.2. The molecule has 0 saturated carbocycles. The first-order chi connectivity index (χ1) is 10.1. The molecule has 0 amide bonds. The minimum absolute atomic E-state index is 0. The fourth-order valence-electron chi connectivity index (χ4n) is 1.91. The van der Waals surface area contributed by atoms with E-state index in [1.165, 1.54) is 12.1 Å². The number of carbonyl (C=O) groups is 1. The second-order valence-electron chi connectivity index (χ2n) is 4.34. The topological polar surface area (TPSA) is 73.3 Å². The van der Waals surface area contributed by atoms with Crippen LogP contribution in [0.25, 0.3) is 0 Å². The smallest absolute Gasteiger partial charge is 0.311 e. The van der Waals surface area contributed by atoms with Gasteiger partial charge in [0.25, 0.3) is 0 Å². The Hall–Kier alpha value is -2.28. The largest absolute Gasteiger partial charge is 1.00 e. The van der Waals surface area contributed by atoms with Crippen molar-refractivity contribution in [3.8, 4) is 5.75 Å². The summed E-state index contributed by atoms with van der Waals surface area (Å²) in [4.78, 5) is 22.7. The number of rotatable bonds is 6. The predicted molar refractivity (Wildman–Crippen MR) is 75.2 cm³/mol. The highest BCUT2D eigenvalue weighted by Crippen LogP contribution is 2.28. The van der Waals surface area contributed by atoms with Gasteiger partial charge in [-0.15, -0.1) is 0 Å². The molecule has 2 rings (SSSR count). The van der Waals surface area contributed by atoms with Gasteiger partial charge in [0.15, 0.2) is 18.1 Å². The van der Waals surface area contributed by atoms with E-state index < -0.39 is 4.92 Å². The zero-order valence-electron chi connectivity index (χ0n) is 11.9. The number of benzene rings is 1. The lowest BCUT2D eigenvalue weighted by Gasteiger charge is -2.05. The van der Waals surface area contributed by atoms with E-state index in [-0.39, 0.29) is 40.7 Å². The molecule has 7 heteroatoms. The monoisotopic (exact) mass is 366 g/mol. The van der Waals surface area contributed by atoms with Crippen LogP contribution in [0.5, 0.6) is 5.75 Å². The molecule has 0 atom stereocenters. The molecular formula is C15H15BrN2O4. The lowest BCUT2D eigenvalue weighted by molar-refractivity contribution is -0.683. The van der Waals surface area contributed by atoms with Crippen molar-refractivity contribution >= 4 is 11.5 Å². The molecule has 0 aliphatic heterocycles. The van der Waals surface area contributed by atoms with Crippen LogP contribution in [0.2, 0.25) is 0 Å². The van der Waals surface area contributed by atoms with Gasteiger partial charge in [0, 0.05) is 23.8 Å². The first kappa shape index (κ1) is 17.8. The van der Waals surface area contributed by atoms with Gasteiger partial charge in [-0.05, 0) is 19.1 Å². The highest BCUT2D eigenvalue weighted by atomic mass is 79.9. The zero-order chi connectivity index (χ0) is 15.2. The molecule has 0 aliphatic carbocycles. The number of ether oxygens (including phenoxy) is 1. The third-order valence-corrected chi connectivity index (χ3v) is 2.88. The normalized spacial score (nSPS) is 9.68. The van der Waals surface area contributed by atoms with E-state index >= 15 is 0 Å². The van der Waals surface area contributed by atoms with Crippen LogP contribution < -0.4 is 26.3 Å². The maximum Gasteiger partial charge on any atom is 0.311 e. The molecular weight excluding hydrogens is 352 g/mol. The van der Waals surface area contributed by atoms with Gasteiger partial charge in [-0.3, -0.25) is 14.9 Å². The molecule has 1 aromatic carbocycles. The van der Waals surface area contributed by atoms with E-state index in [0.29, 0.717) is 12.2 Å². The van der Waals surface area contributed by atoms with Gasteiger partial charge in [-0.1, -0.05) is 6.07 Å². The summed E-state index contributed by atoms with van der Waals surface area (Å²) < 4.78 is 6.91. The van der Waals surface area contributed by atoms with Crippen molar-refractivity contribution in [1.82, 2.24) is 0 Å². The number of nitro groups is 1. The first-order valence-electron chi connectivity index (χ1n) is 6.50. The lowest BCUT2D eigenvalue weighted by atomic mass is 10.1. The van der Waals surface area contributed by atoms with Gasteiger partial charge < -0.3 is 21.7 Å². The number of Topliss-reactive ketones (excluding diaryl/α,β-unsaturated/α-hetero) is 1. The number of hydrogen-bond donors (Lipinski definition) is 0. The Kier molecular flexibility index (Phi) is 6.65. The number of aromatic nitrogens is 1. The SMILES string of the molecule is CCOc1ccc(C(=O)C[n+]2ccccc2)cc1[N+](=O)[O-].[Br-]. The van der Waals surface area contributed by atoms with E-state index in [4.69, 9.17) is 4.74 Å². The van der Waals surface area contributed by atoms with Crippen LogP contribution in [-0.4, -0.2) is 17.3 Å². The van der Waals surface area contributed by atoms with E-state index in [9.17, 15) is 14.9 Å². The molecule has 0 saturated heterocycles. The van der Waals surface area contributed by atoms with Crippen LogP contribution in [0.1, 0.15) is 17.3 Å². The molecule has 0 spiro atoms. The molecule has 0 bridgehead atoms. The average Bonchev–Trinajstić information content (AvgIpc) is 2.48. The van der Waals surface area contributed by atoms with Crippen molar-refractivity contribution in [2.75, 3.05) is 6.61 Å². The van der Waals surface area contributed by atoms with E-state index in [0.717, 1.165) is 0 Å². The average molecular weight is 367 g/mol. The quantitative estimate of drug-likeness (QED) is 0.289. The minimum Gasteiger partial charge on any atom is -1.00 e. The molecule has 0 radical (unpaired) electrons. The highest BCUT2D eigenvalue weighted by molar-refractivity contribution is 5.96. The van der Waals surface area contributed by atoms with Crippen LogP contribution in [0.4, 0.5) is 5.69 Å². The molecule has 2 aromatic rings. The number of hydrogen-bond acceptors (Lipinski definition) is 4. The van der Waals surface area contributed by atoms with Crippen molar-refractivity contribution in [2.45, 2.75) is 13.5 Å². The number of halogens is 1. The molecule has 0 N–H and O–H groups in total. The van der Waals surface area contributed by atoms with Gasteiger partial charge in [-0.25, -0.2) is 0 Å². The third-order valence-electron chi connectivity index (χ3n) is 2.88. The Morgan fingerprint density at radius 3 is 2.55 bits per heavy atom. The Morgan fingerprint density at radius 2 is 1.95 bits per heavy atom. The predicted octanol–water partition coefficient (Wildman–Crippen LogP) is -0.832. The third kappa shape index (κ3) is 4.36. The summed E-state index contributed by atoms with van der Waals surface area (Å²) in [7, 11) is 0. The van der Waals surface area contributed by atoms with E-state index in [2.05, 4.69) is 0 Å². The number of carbonyl (C=O) groups excluding carboxylic acids is 1. The number of pyridine rings is 1. The van der Waals surface area contributed by atoms with Gasteiger partial charge in [0.05, 0.1) is 11.5 Å². The second kappa shape index (κ2) is 8.23. The molecule has 1 heterocycles. The van der Waals surface area contributed by atoms with Crippen molar-refractivity contribution in [2.24, 2.45) is 0 Å². The minimum atomic E-state index is -0.544. The van der Waals surface area contributed by atoms with Gasteiger partial charge >= 0.3 is 5.69 Å². The van der Waals surface area contributed by atoms with Crippen molar-refractivity contribution in [3.05, 3.63) is 64.5 Å². The fraction of sp³-hybridized carbons (Fsp3) is 0.200. The molecule has 0 aliphatic rings. The highest BCUT2D eigenvalue weighted by Gasteiger charge is 2.20. The summed E-state index contributed by atoms with van der Waals surface area (Å²) in [6.07, 6.45) is 3.53. The van der Waals surface area contributed by atoms with Crippen LogP contribution >= 0.6 is 0 Å².